The number of aromatic nitrogens is 3. The van der Waals surface area contributed by atoms with Crippen LogP contribution in [-0.2, 0) is 5.88 Å². The molecule has 0 radical (unpaired) electrons. The third-order valence-electron chi connectivity index (χ3n) is 5.36. The minimum atomic E-state index is 0.419. The van der Waals surface area contributed by atoms with Crippen molar-refractivity contribution < 1.29 is 4.74 Å². The number of alkyl halides is 1. The highest BCUT2D eigenvalue weighted by Gasteiger charge is 2.12. The van der Waals surface area contributed by atoms with E-state index in [1.807, 2.05) is 24.3 Å². The van der Waals surface area contributed by atoms with E-state index in [0.29, 0.717) is 17.6 Å². The summed E-state index contributed by atoms with van der Waals surface area (Å²) >= 11 is 7.51. The first kappa shape index (κ1) is 21.6. The number of nitrogens with zero attached hydrogens (tertiary/aromatic N) is 3. The Labute approximate surface area is 200 Å². The molecule has 1 aliphatic rings. The van der Waals surface area contributed by atoms with E-state index in [0.717, 1.165) is 51.9 Å². The van der Waals surface area contributed by atoms with Crippen LogP contribution in [0.3, 0.4) is 0 Å². The Morgan fingerprint density at radius 1 is 1.12 bits per heavy atom. The van der Waals surface area contributed by atoms with Gasteiger partial charge in [-0.15, -0.1) is 22.9 Å². The molecule has 0 amide bonds. The van der Waals surface area contributed by atoms with E-state index in [1.165, 1.54) is 11.1 Å². The van der Waals surface area contributed by atoms with E-state index >= 15 is 0 Å². The molecule has 0 saturated heterocycles. The molecular formula is C24H23ClN6OS. The number of methoxy groups -OCH3 is 1. The minimum absolute atomic E-state index is 0.419. The lowest BCUT2D eigenvalue weighted by atomic mass is 9.99. The van der Waals surface area contributed by atoms with Gasteiger partial charge in [0.25, 0.3) is 0 Å². The molecule has 0 fully saturated rings. The topological polar surface area (TPSA) is 84.0 Å². The average molecular weight is 479 g/mol. The maximum Gasteiger partial charge on any atom is 0.229 e. The van der Waals surface area contributed by atoms with Crippen LogP contribution in [0, 0.1) is 0 Å². The summed E-state index contributed by atoms with van der Waals surface area (Å²) < 4.78 is 6.64. The zero-order valence-corrected chi connectivity index (χ0v) is 19.6. The molecule has 9 heteroatoms. The molecule has 0 bridgehead atoms. The standard InChI is InChI=1S/C24H23ClN6OS/c1-32-20-5-2-16(15-6-9-26-10-7-15)12-19(20)30-24-27-11-8-22(31-24)28-17-3-4-18-21(13-17)33-23(14-25)29-18/h2-6,8,11-13,26H,7,9-10,14H2,1H3,(H2,27,28,30,31). The molecule has 2 aromatic carbocycles. The van der Waals surface area contributed by atoms with Gasteiger partial charge in [-0.05, 0) is 60.5 Å². The quantitative estimate of drug-likeness (QED) is 0.294. The smallest absolute Gasteiger partial charge is 0.229 e. The molecule has 33 heavy (non-hydrogen) atoms. The van der Waals surface area contributed by atoms with Crippen LogP contribution >= 0.6 is 22.9 Å². The second-order valence-corrected chi connectivity index (χ2v) is 8.92. The number of hydrogen-bond acceptors (Lipinski definition) is 8. The zero-order valence-electron chi connectivity index (χ0n) is 18.1. The molecule has 0 atom stereocenters. The Bertz CT molecular complexity index is 1320. The molecule has 3 heterocycles. The Kier molecular flexibility index (Phi) is 6.39. The van der Waals surface area contributed by atoms with Crippen LogP contribution in [0.4, 0.5) is 23.1 Å². The first-order chi connectivity index (χ1) is 16.2. The maximum atomic E-state index is 5.92. The Hall–Kier alpha value is -3.20. The molecule has 0 unspecified atom stereocenters. The summed E-state index contributed by atoms with van der Waals surface area (Å²) in [6, 6.07) is 14.0. The van der Waals surface area contributed by atoms with Crippen molar-refractivity contribution in [2.45, 2.75) is 12.3 Å². The Morgan fingerprint density at radius 3 is 2.88 bits per heavy atom. The molecule has 1 aliphatic heterocycles. The highest BCUT2D eigenvalue weighted by Crippen LogP contribution is 2.32. The van der Waals surface area contributed by atoms with Crippen LogP contribution in [0.15, 0.2) is 54.7 Å². The summed E-state index contributed by atoms with van der Waals surface area (Å²) in [5, 5.41) is 10.9. The zero-order chi connectivity index (χ0) is 22.6. The first-order valence-electron chi connectivity index (χ1n) is 10.6. The highest BCUT2D eigenvalue weighted by molar-refractivity contribution is 7.18. The van der Waals surface area contributed by atoms with Crippen molar-refractivity contribution >= 4 is 61.9 Å². The molecule has 3 N–H and O–H groups in total. The third kappa shape index (κ3) is 4.93. The second-order valence-electron chi connectivity index (χ2n) is 7.54. The molecule has 7 nitrogen and oxygen atoms in total. The van der Waals surface area contributed by atoms with Crippen molar-refractivity contribution in [2.24, 2.45) is 0 Å². The van der Waals surface area contributed by atoms with Gasteiger partial charge in [0.1, 0.15) is 16.6 Å². The highest BCUT2D eigenvalue weighted by atomic mass is 35.5. The van der Waals surface area contributed by atoms with Gasteiger partial charge in [0, 0.05) is 18.4 Å². The summed E-state index contributed by atoms with van der Waals surface area (Å²) in [6.07, 6.45) is 4.95. The number of rotatable bonds is 7. The van der Waals surface area contributed by atoms with Crippen LogP contribution in [-0.4, -0.2) is 35.2 Å². The van der Waals surface area contributed by atoms with Crippen LogP contribution in [0.5, 0.6) is 5.75 Å². The van der Waals surface area contributed by atoms with Crippen molar-refractivity contribution in [1.29, 1.82) is 0 Å². The Morgan fingerprint density at radius 2 is 2.06 bits per heavy atom. The molecule has 0 saturated carbocycles. The van der Waals surface area contributed by atoms with Crippen molar-refractivity contribution in [3.05, 3.63) is 65.3 Å². The predicted octanol–water partition coefficient (Wildman–Crippen LogP) is 5.70. The van der Waals surface area contributed by atoms with Gasteiger partial charge in [-0.25, -0.2) is 9.97 Å². The van der Waals surface area contributed by atoms with Crippen molar-refractivity contribution in [1.82, 2.24) is 20.3 Å². The number of nitrogens with one attached hydrogen (secondary N) is 3. The van der Waals surface area contributed by atoms with E-state index in [2.05, 4.69) is 55.2 Å². The SMILES string of the molecule is COc1ccc(C2=CCNCC2)cc1Nc1nccc(Nc2ccc3nc(CCl)sc3c2)n1. The predicted molar refractivity (Wildman–Crippen MR) is 136 cm³/mol. The van der Waals surface area contributed by atoms with Crippen LogP contribution in [0.25, 0.3) is 15.8 Å². The lowest BCUT2D eigenvalue weighted by Crippen LogP contribution is -2.20. The van der Waals surface area contributed by atoms with Crippen molar-refractivity contribution in [3.63, 3.8) is 0 Å². The van der Waals surface area contributed by atoms with E-state index < -0.39 is 0 Å². The van der Waals surface area contributed by atoms with Gasteiger partial charge in [0.2, 0.25) is 5.95 Å². The number of hydrogen-bond donors (Lipinski definition) is 3. The Balaban J connectivity index is 1.37. The maximum absolute atomic E-state index is 5.92. The molecule has 168 valence electrons. The van der Waals surface area contributed by atoms with Crippen LogP contribution < -0.4 is 20.7 Å². The van der Waals surface area contributed by atoms with E-state index in [4.69, 9.17) is 16.3 Å². The summed E-state index contributed by atoms with van der Waals surface area (Å²) in [7, 11) is 1.66. The van der Waals surface area contributed by atoms with Crippen molar-refractivity contribution in [3.8, 4) is 5.75 Å². The van der Waals surface area contributed by atoms with Gasteiger partial charge < -0.3 is 20.7 Å². The van der Waals surface area contributed by atoms with E-state index in [9.17, 15) is 0 Å². The molecular weight excluding hydrogens is 456 g/mol. The van der Waals surface area contributed by atoms with Crippen molar-refractivity contribution in [2.75, 3.05) is 30.8 Å². The third-order valence-corrected chi connectivity index (χ3v) is 6.79. The normalized spacial score (nSPS) is 13.6. The number of thiazole rings is 1. The van der Waals surface area contributed by atoms with Gasteiger partial charge in [0.05, 0.1) is 28.9 Å². The first-order valence-corrected chi connectivity index (χ1v) is 12.0. The summed E-state index contributed by atoms with van der Waals surface area (Å²) in [6.45, 7) is 1.87. The molecule has 0 aliphatic carbocycles. The molecule has 0 spiro atoms. The second kappa shape index (κ2) is 9.74. The molecule has 5 rings (SSSR count). The number of fused-ring (bicyclic) bond motifs is 1. The molecule has 4 aromatic rings. The van der Waals surface area contributed by atoms with E-state index in [-0.39, 0.29) is 0 Å². The lowest BCUT2D eigenvalue weighted by molar-refractivity contribution is 0.416. The largest absolute Gasteiger partial charge is 0.495 e. The van der Waals surface area contributed by atoms with Gasteiger partial charge in [-0.1, -0.05) is 12.1 Å². The van der Waals surface area contributed by atoms with Gasteiger partial charge >= 0.3 is 0 Å². The average Bonchev–Trinajstić information content (AvgIpc) is 3.27. The lowest BCUT2D eigenvalue weighted by Gasteiger charge is -2.17. The van der Waals surface area contributed by atoms with Gasteiger partial charge in [0.15, 0.2) is 0 Å². The fourth-order valence-corrected chi connectivity index (χ4v) is 4.83. The van der Waals surface area contributed by atoms with Gasteiger partial charge in [-0.2, -0.15) is 4.98 Å². The summed E-state index contributed by atoms with van der Waals surface area (Å²) in [4.78, 5) is 13.5. The number of ether oxygens (including phenoxy) is 1. The van der Waals surface area contributed by atoms with E-state index in [1.54, 1.807) is 24.6 Å². The van der Waals surface area contributed by atoms with Gasteiger partial charge in [-0.3, -0.25) is 0 Å². The molecule has 2 aromatic heterocycles. The monoisotopic (exact) mass is 478 g/mol. The number of anilines is 4. The summed E-state index contributed by atoms with van der Waals surface area (Å²) in [5.74, 6) is 2.33. The fraction of sp³-hybridized carbons (Fsp3) is 0.208. The minimum Gasteiger partial charge on any atom is -0.495 e. The number of halogens is 1. The summed E-state index contributed by atoms with van der Waals surface area (Å²) in [5.41, 5.74) is 5.19. The van der Waals surface area contributed by atoms with Crippen LogP contribution in [0.1, 0.15) is 17.0 Å². The van der Waals surface area contributed by atoms with Crippen LogP contribution in [0.2, 0.25) is 0 Å². The fourth-order valence-electron chi connectivity index (χ4n) is 3.75. The number of benzene rings is 2.